The Bertz CT molecular complexity index is 740. The van der Waals surface area contributed by atoms with Crippen LogP contribution in [0.15, 0.2) is 58.1 Å². The van der Waals surface area contributed by atoms with Gasteiger partial charge in [-0.2, -0.15) is 5.10 Å². The topological polar surface area (TPSA) is 84.6 Å². The predicted octanol–water partition coefficient (Wildman–Crippen LogP) is 3.44. The molecule has 0 aliphatic rings. The van der Waals surface area contributed by atoms with Crippen LogP contribution in [0.1, 0.15) is 18.1 Å². The molecule has 0 saturated heterocycles. The smallest absolute Gasteiger partial charge is 0.269 e. The van der Waals surface area contributed by atoms with E-state index in [4.69, 9.17) is 0 Å². The number of nitrogens with one attached hydrogen (secondary N) is 1. The van der Waals surface area contributed by atoms with Gasteiger partial charge in [-0.15, -0.1) is 0 Å². The number of carbonyl (C=O) groups is 1. The van der Waals surface area contributed by atoms with Gasteiger partial charge >= 0.3 is 0 Å². The Balaban J connectivity index is 1.95. The number of non-ortho nitro benzene ring substituents is 1. The second kappa shape index (κ2) is 7.64. The maximum Gasteiger partial charge on any atom is 0.269 e. The molecule has 23 heavy (non-hydrogen) atoms. The van der Waals surface area contributed by atoms with Crippen LogP contribution >= 0.6 is 15.9 Å². The van der Waals surface area contributed by atoms with Crippen LogP contribution in [0.5, 0.6) is 0 Å². The monoisotopic (exact) mass is 375 g/mol. The molecule has 0 heterocycles. The summed E-state index contributed by atoms with van der Waals surface area (Å²) in [5.74, 6) is -0.282. The fraction of sp³-hybridized carbons (Fsp3) is 0.125. The lowest BCUT2D eigenvalue weighted by molar-refractivity contribution is -0.384. The van der Waals surface area contributed by atoms with E-state index < -0.39 is 4.92 Å². The number of nitro benzene ring substituents is 1. The first-order valence-electron chi connectivity index (χ1n) is 6.78. The number of nitrogens with zero attached hydrogens (tertiary/aromatic N) is 2. The summed E-state index contributed by atoms with van der Waals surface area (Å²) in [7, 11) is 0. The van der Waals surface area contributed by atoms with Crippen LogP contribution in [0.25, 0.3) is 0 Å². The normalized spacial score (nSPS) is 11.1. The van der Waals surface area contributed by atoms with E-state index in [0.717, 1.165) is 10.0 Å². The average molecular weight is 376 g/mol. The van der Waals surface area contributed by atoms with E-state index in [9.17, 15) is 14.9 Å². The van der Waals surface area contributed by atoms with Gasteiger partial charge < -0.3 is 0 Å². The molecule has 6 nitrogen and oxygen atoms in total. The van der Waals surface area contributed by atoms with Crippen LogP contribution in [-0.4, -0.2) is 16.5 Å². The van der Waals surface area contributed by atoms with Crippen molar-refractivity contribution < 1.29 is 9.72 Å². The lowest BCUT2D eigenvalue weighted by Crippen LogP contribution is -2.21. The lowest BCUT2D eigenvalue weighted by Gasteiger charge is -2.03. The number of nitro groups is 1. The number of benzene rings is 2. The van der Waals surface area contributed by atoms with Crippen molar-refractivity contribution in [2.24, 2.45) is 5.10 Å². The number of hydrogen-bond acceptors (Lipinski definition) is 4. The van der Waals surface area contributed by atoms with Crippen molar-refractivity contribution in [1.29, 1.82) is 0 Å². The summed E-state index contributed by atoms with van der Waals surface area (Å²) in [5.41, 5.74) is 4.76. The van der Waals surface area contributed by atoms with E-state index in [1.165, 1.54) is 12.1 Å². The molecular formula is C16H14BrN3O3. The molecule has 0 aliphatic carbocycles. The first-order valence-corrected chi connectivity index (χ1v) is 7.57. The molecule has 0 radical (unpaired) electrons. The fourth-order valence-corrected chi connectivity index (χ4v) is 2.13. The second-order valence-electron chi connectivity index (χ2n) is 4.84. The van der Waals surface area contributed by atoms with Crippen molar-refractivity contribution in [2.75, 3.05) is 0 Å². The van der Waals surface area contributed by atoms with Gasteiger partial charge in [-0.05, 0) is 30.2 Å². The Hall–Kier alpha value is -2.54. The highest BCUT2D eigenvalue weighted by atomic mass is 79.9. The van der Waals surface area contributed by atoms with Gasteiger partial charge in [0, 0.05) is 16.6 Å². The lowest BCUT2D eigenvalue weighted by atomic mass is 10.1. The summed E-state index contributed by atoms with van der Waals surface area (Å²) in [6.07, 6.45) is 0.106. The van der Waals surface area contributed by atoms with Crippen molar-refractivity contribution in [1.82, 2.24) is 5.43 Å². The molecule has 0 fully saturated rings. The molecule has 0 bridgehead atoms. The van der Waals surface area contributed by atoms with Gasteiger partial charge in [-0.3, -0.25) is 14.9 Å². The first-order chi connectivity index (χ1) is 11.0. The molecule has 1 amide bonds. The summed E-state index contributed by atoms with van der Waals surface area (Å²) in [6, 6.07) is 13.4. The highest BCUT2D eigenvalue weighted by molar-refractivity contribution is 9.10. The Morgan fingerprint density at radius 2 is 1.78 bits per heavy atom. The van der Waals surface area contributed by atoms with E-state index in [-0.39, 0.29) is 18.0 Å². The Morgan fingerprint density at radius 1 is 1.17 bits per heavy atom. The quantitative estimate of drug-likeness (QED) is 0.493. The van der Waals surface area contributed by atoms with Crippen LogP contribution in [-0.2, 0) is 11.2 Å². The maximum absolute atomic E-state index is 11.9. The fourth-order valence-electron chi connectivity index (χ4n) is 1.86. The van der Waals surface area contributed by atoms with Crippen molar-refractivity contribution in [3.63, 3.8) is 0 Å². The van der Waals surface area contributed by atoms with Crippen LogP contribution in [0, 0.1) is 10.1 Å². The highest BCUT2D eigenvalue weighted by Gasteiger charge is 2.07. The largest absolute Gasteiger partial charge is 0.273 e. The van der Waals surface area contributed by atoms with Crippen LogP contribution in [0.3, 0.4) is 0 Å². The van der Waals surface area contributed by atoms with Crippen LogP contribution in [0.2, 0.25) is 0 Å². The van der Waals surface area contributed by atoms with Gasteiger partial charge in [0.05, 0.1) is 17.1 Å². The van der Waals surface area contributed by atoms with Crippen molar-refractivity contribution >= 4 is 33.2 Å². The molecule has 0 atom stereocenters. The van der Waals surface area contributed by atoms with Crippen LogP contribution < -0.4 is 5.43 Å². The molecule has 118 valence electrons. The Morgan fingerprint density at radius 3 is 2.35 bits per heavy atom. The van der Waals surface area contributed by atoms with Gasteiger partial charge in [0.25, 0.3) is 5.69 Å². The standard InChI is InChI=1S/C16H14BrN3O3/c1-11(13-4-6-14(17)7-5-13)18-19-16(21)10-12-2-8-15(9-3-12)20(22)23/h2-9H,10H2,1H3,(H,19,21). The molecule has 1 N–H and O–H groups in total. The van der Waals surface area contributed by atoms with Crippen molar-refractivity contribution in [2.45, 2.75) is 13.3 Å². The number of rotatable bonds is 5. The third-order valence-electron chi connectivity index (χ3n) is 3.12. The molecule has 0 spiro atoms. The molecule has 0 saturated carbocycles. The molecule has 7 heteroatoms. The van der Waals surface area contributed by atoms with E-state index in [1.807, 2.05) is 24.3 Å². The molecular weight excluding hydrogens is 362 g/mol. The van der Waals surface area contributed by atoms with Gasteiger partial charge in [0.15, 0.2) is 0 Å². The predicted molar refractivity (Wildman–Crippen MR) is 91.3 cm³/mol. The van der Waals surface area contributed by atoms with Crippen molar-refractivity contribution in [3.8, 4) is 0 Å². The van der Waals surface area contributed by atoms with Gasteiger partial charge in [0.1, 0.15) is 0 Å². The zero-order valence-corrected chi connectivity index (χ0v) is 13.9. The van der Waals surface area contributed by atoms with Gasteiger partial charge in [0.2, 0.25) is 5.91 Å². The summed E-state index contributed by atoms with van der Waals surface area (Å²) < 4.78 is 0.969. The van der Waals surface area contributed by atoms with Gasteiger partial charge in [-0.25, -0.2) is 5.43 Å². The third-order valence-corrected chi connectivity index (χ3v) is 3.65. The molecule has 2 aromatic rings. The van der Waals surface area contributed by atoms with E-state index in [0.29, 0.717) is 11.3 Å². The minimum absolute atomic E-state index is 0.00161. The third kappa shape index (κ3) is 5.00. The van der Waals surface area contributed by atoms with Crippen molar-refractivity contribution in [3.05, 3.63) is 74.2 Å². The van der Waals surface area contributed by atoms with E-state index in [2.05, 4.69) is 26.5 Å². The maximum atomic E-state index is 11.9. The van der Waals surface area contributed by atoms with Crippen LogP contribution in [0.4, 0.5) is 5.69 Å². The minimum atomic E-state index is -0.476. The zero-order valence-electron chi connectivity index (χ0n) is 12.3. The first kappa shape index (κ1) is 16.8. The van der Waals surface area contributed by atoms with Gasteiger partial charge in [-0.1, -0.05) is 40.2 Å². The number of carbonyl (C=O) groups excluding carboxylic acids is 1. The summed E-state index contributed by atoms with van der Waals surface area (Å²) in [5, 5.41) is 14.6. The SMILES string of the molecule is CC(=NNC(=O)Cc1ccc([N+](=O)[O-])cc1)c1ccc(Br)cc1. The molecule has 0 aromatic heterocycles. The summed E-state index contributed by atoms with van der Waals surface area (Å²) in [6.45, 7) is 1.80. The highest BCUT2D eigenvalue weighted by Crippen LogP contribution is 2.13. The number of hydrogen-bond donors (Lipinski definition) is 1. The molecule has 0 unspecified atom stereocenters. The second-order valence-corrected chi connectivity index (χ2v) is 5.76. The Kier molecular flexibility index (Phi) is 5.59. The zero-order chi connectivity index (χ0) is 16.8. The Labute approximate surface area is 141 Å². The minimum Gasteiger partial charge on any atom is -0.273 e. The number of halogens is 1. The summed E-state index contributed by atoms with van der Waals surface area (Å²) in [4.78, 5) is 22.0. The molecule has 2 aromatic carbocycles. The number of hydrazone groups is 1. The summed E-state index contributed by atoms with van der Waals surface area (Å²) >= 11 is 3.36. The average Bonchev–Trinajstić information content (AvgIpc) is 2.54. The molecule has 0 aliphatic heterocycles. The molecule has 2 rings (SSSR count). The number of amides is 1. The van der Waals surface area contributed by atoms with E-state index in [1.54, 1.807) is 19.1 Å². The van der Waals surface area contributed by atoms with E-state index >= 15 is 0 Å².